The van der Waals surface area contributed by atoms with Gasteiger partial charge in [-0.3, -0.25) is 4.90 Å². The van der Waals surface area contributed by atoms with Crippen molar-refractivity contribution in [2.45, 2.75) is 33.0 Å². The second-order valence-corrected chi connectivity index (χ2v) is 6.03. The Hall–Kier alpha value is -2.30. The first-order chi connectivity index (χ1) is 11.5. The molecule has 2 aromatic rings. The Morgan fingerprint density at radius 1 is 1.42 bits per heavy atom. The van der Waals surface area contributed by atoms with Crippen molar-refractivity contribution in [2.24, 2.45) is 0 Å². The summed E-state index contributed by atoms with van der Waals surface area (Å²) in [6.45, 7) is 7.21. The molecule has 1 aromatic carbocycles. The zero-order valence-electron chi connectivity index (χ0n) is 13.9. The number of aromatic nitrogens is 3. The first-order valence-electron chi connectivity index (χ1n) is 7.95. The van der Waals surface area contributed by atoms with E-state index >= 15 is 0 Å². The molecule has 1 saturated heterocycles. The van der Waals surface area contributed by atoms with Crippen LogP contribution in [0.15, 0.2) is 18.2 Å². The third kappa shape index (κ3) is 3.78. The maximum absolute atomic E-state index is 13.3. The molecule has 0 saturated carbocycles. The van der Waals surface area contributed by atoms with Gasteiger partial charge in [0.2, 0.25) is 0 Å². The summed E-state index contributed by atoms with van der Waals surface area (Å²) in [4.78, 5) is 6.53. The molecule has 1 aliphatic heterocycles. The summed E-state index contributed by atoms with van der Waals surface area (Å²) in [5.74, 6) is 1.25. The Labute approximate surface area is 140 Å². The molecular weight excluding hydrogens is 309 g/mol. The van der Waals surface area contributed by atoms with E-state index in [9.17, 15) is 9.65 Å². The van der Waals surface area contributed by atoms with Crippen molar-refractivity contribution in [3.63, 3.8) is 0 Å². The standard InChI is InChI=1S/C17H20FN5O/c1-12-20-13(2)23(21-12)11-17-10-22(5-6-24-17)9-14-3-4-16(18)7-15(14)8-19/h3-4,7,17H,5-6,9-11H2,1-2H3. The molecule has 1 fully saturated rings. The molecule has 7 heteroatoms. The smallest absolute Gasteiger partial charge is 0.147 e. The zero-order chi connectivity index (χ0) is 17.1. The van der Waals surface area contributed by atoms with Crippen molar-refractivity contribution in [3.8, 4) is 6.07 Å². The van der Waals surface area contributed by atoms with E-state index in [4.69, 9.17) is 4.74 Å². The minimum atomic E-state index is -0.382. The number of morpholine rings is 1. The molecular formula is C17H20FN5O. The summed E-state index contributed by atoms with van der Waals surface area (Å²) in [5, 5.41) is 13.5. The van der Waals surface area contributed by atoms with E-state index in [1.807, 2.05) is 18.5 Å². The lowest BCUT2D eigenvalue weighted by atomic mass is 10.1. The zero-order valence-corrected chi connectivity index (χ0v) is 13.9. The maximum Gasteiger partial charge on any atom is 0.147 e. The van der Waals surface area contributed by atoms with E-state index < -0.39 is 0 Å². The topological polar surface area (TPSA) is 67.0 Å². The lowest BCUT2D eigenvalue weighted by Gasteiger charge is -2.33. The van der Waals surface area contributed by atoms with Gasteiger partial charge in [0.25, 0.3) is 0 Å². The Kier molecular flexibility index (Phi) is 4.88. The average molecular weight is 329 g/mol. The molecule has 1 unspecified atom stereocenters. The first-order valence-corrected chi connectivity index (χ1v) is 7.95. The number of nitriles is 1. The molecule has 0 aliphatic carbocycles. The largest absolute Gasteiger partial charge is 0.374 e. The highest BCUT2D eigenvalue weighted by Gasteiger charge is 2.22. The van der Waals surface area contributed by atoms with Crippen molar-refractivity contribution < 1.29 is 9.13 Å². The van der Waals surface area contributed by atoms with Crippen LogP contribution in [0.5, 0.6) is 0 Å². The SMILES string of the molecule is Cc1nc(C)n(CC2CN(Cc3ccc(F)cc3C#N)CCO2)n1. The number of hydrogen-bond acceptors (Lipinski definition) is 5. The second-order valence-electron chi connectivity index (χ2n) is 6.03. The van der Waals surface area contributed by atoms with Crippen LogP contribution >= 0.6 is 0 Å². The van der Waals surface area contributed by atoms with Gasteiger partial charge in [-0.25, -0.2) is 14.1 Å². The fourth-order valence-electron chi connectivity index (χ4n) is 2.99. The number of aryl methyl sites for hydroxylation is 2. The molecule has 0 bridgehead atoms. The van der Waals surface area contributed by atoms with Gasteiger partial charge in [-0.05, 0) is 31.5 Å². The molecule has 0 N–H and O–H groups in total. The fourth-order valence-corrected chi connectivity index (χ4v) is 2.99. The van der Waals surface area contributed by atoms with Crippen LogP contribution in [-0.4, -0.2) is 45.5 Å². The van der Waals surface area contributed by atoms with Crippen LogP contribution in [0, 0.1) is 31.0 Å². The Bertz CT molecular complexity index is 767. The van der Waals surface area contributed by atoms with E-state index in [2.05, 4.69) is 21.1 Å². The van der Waals surface area contributed by atoms with E-state index in [0.717, 1.165) is 30.3 Å². The van der Waals surface area contributed by atoms with Gasteiger partial charge in [0.05, 0.1) is 30.9 Å². The minimum Gasteiger partial charge on any atom is -0.374 e. The van der Waals surface area contributed by atoms with Crippen LogP contribution in [0.3, 0.4) is 0 Å². The lowest BCUT2D eigenvalue weighted by Crippen LogP contribution is -2.44. The van der Waals surface area contributed by atoms with E-state index in [0.29, 0.717) is 25.3 Å². The number of rotatable bonds is 4. The number of halogens is 1. The van der Waals surface area contributed by atoms with Gasteiger partial charge in [0, 0.05) is 19.6 Å². The second kappa shape index (κ2) is 7.07. The Morgan fingerprint density at radius 3 is 2.96 bits per heavy atom. The van der Waals surface area contributed by atoms with Gasteiger partial charge in [0.15, 0.2) is 0 Å². The predicted molar refractivity (Wildman–Crippen MR) is 85.6 cm³/mol. The summed E-state index contributed by atoms with van der Waals surface area (Å²) >= 11 is 0. The van der Waals surface area contributed by atoms with Crippen LogP contribution < -0.4 is 0 Å². The third-order valence-electron chi connectivity index (χ3n) is 4.15. The molecule has 0 spiro atoms. The van der Waals surface area contributed by atoms with Crippen molar-refractivity contribution in [3.05, 3.63) is 46.8 Å². The Morgan fingerprint density at radius 2 is 2.25 bits per heavy atom. The Balaban J connectivity index is 1.66. The maximum atomic E-state index is 13.3. The molecule has 24 heavy (non-hydrogen) atoms. The number of hydrogen-bond donors (Lipinski definition) is 0. The molecule has 126 valence electrons. The van der Waals surface area contributed by atoms with E-state index in [1.165, 1.54) is 12.1 Å². The van der Waals surface area contributed by atoms with Crippen LogP contribution in [0.1, 0.15) is 22.8 Å². The van der Waals surface area contributed by atoms with Crippen LogP contribution in [0.2, 0.25) is 0 Å². The predicted octanol–water partition coefficient (Wildman–Crippen LogP) is 1.81. The summed E-state index contributed by atoms with van der Waals surface area (Å²) < 4.78 is 21.0. The lowest BCUT2D eigenvalue weighted by molar-refractivity contribution is -0.0405. The highest BCUT2D eigenvalue weighted by Crippen LogP contribution is 2.16. The minimum absolute atomic E-state index is 0.0181. The third-order valence-corrected chi connectivity index (χ3v) is 4.15. The van der Waals surface area contributed by atoms with E-state index in [-0.39, 0.29) is 11.9 Å². The number of nitrogens with zero attached hydrogens (tertiary/aromatic N) is 5. The average Bonchev–Trinajstić information content (AvgIpc) is 2.87. The molecule has 6 nitrogen and oxygen atoms in total. The monoisotopic (exact) mass is 329 g/mol. The fraction of sp³-hybridized carbons (Fsp3) is 0.471. The van der Waals surface area contributed by atoms with Gasteiger partial charge in [-0.1, -0.05) is 6.07 Å². The summed E-state index contributed by atoms with van der Waals surface area (Å²) in [7, 11) is 0. The molecule has 3 rings (SSSR count). The summed E-state index contributed by atoms with van der Waals surface area (Å²) in [6, 6.07) is 6.44. The van der Waals surface area contributed by atoms with Gasteiger partial charge in [-0.15, -0.1) is 0 Å². The molecule has 1 aliphatic rings. The molecule has 1 aromatic heterocycles. The number of benzene rings is 1. The van der Waals surface area contributed by atoms with Gasteiger partial charge in [-0.2, -0.15) is 10.4 Å². The van der Waals surface area contributed by atoms with Crippen molar-refractivity contribution >= 4 is 0 Å². The highest BCUT2D eigenvalue weighted by atomic mass is 19.1. The van der Waals surface area contributed by atoms with Crippen LogP contribution in [0.25, 0.3) is 0 Å². The molecule has 0 amide bonds. The van der Waals surface area contributed by atoms with Gasteiger partial charge in [0.1, 0.15) is 17.5 Å². The van der Waals surface area contributed by atoms with Gasteiger partial charge < -0.3 is 4.74 Å². The highest BCUT2D eigenvalue weighted by molar-refractivity contribution is 5.37. The first kappa shape index (κ1) is 16.6. The van der Waals surface area contributed by atoms with Crippen molar-refractivity contribution in [1.29, 1.82) is 5.26 Å². The van der Waals surface area contributed by atoms with Crippen LogP contribution in [-0.2, 0) is 17.8 Å². The number of ether oxygens (including phenoxy) is 1. The van der Waals surface area contributed by atoms with Crippen molar-refractivity contribution in [2.75, 3.05) is 19.7 Å². The van der Waals surface area contributed by atoms with Crippen molar-refractivity contribution in [1.82, 2.24) is 19.7 Å². The quantitative estimate of drug-likeness (QED) is 0.856. The van der Waals surface area contributed by atoms with Gasteiger partial charge >= 0.3 is 0 Å². The molecule has 0 radical (unpaired) electrons. The summed E-state index contributed by atoms with van der Waals surface area (Å²) in [6.07, 6.45) is 0.0181. The normalized spacial score (nSPS) is 18.5. The summed E-state index contributed by atoms with van der Waals surface area (Å²) in [5.41, 5.74) is 1.23. The molecule has 2 heterocycles. The van der Waals surface area contributed by atoms with Crippen LogP contribution in [0.4, 0.5) is 4.39 Å². The molecule has 1 atom stereocenters. The van der Waals surface area contributed by atoms with E-state index in [1.54, 1.807) is 6.07 Å².